The minimum Gasteiger partial charge on any atom is -0.419 e. The van der Waals surface area contributed by atoms with E-state index in [2.05, 4.69) is 20.4 Å². The fourth-order valence-corrected chi connectivity index (χ4v) is 3.53. The van der Waals surface area contributed by atoms with Gasteiger partial charge in [-0.05, 0) is 37.4 Å². The minimum atomic E-state index is -0.0941. The molecule has 8 heteroatoms. The van der Waals surface area contributed by atoms with E-state index in [4.69, 9.17) is 8.83 Å². The van der Waals surface area contributed by atoms with E-state index in [0.29, 0.717) is 22.9 Å². The van der Waals surface area contributed by atoms with Crippen molar-refractivity contribution in [2.45, 2.75) is 24.3 Å². The molecule has 25 heavy (non-hydrogen) atoms. The van der Waals surface area contributed by atoms with Crippen LogP contribution in [0.2, 0.25) is 0 Å². The molecular weight excluding hydrogens is 356 g/mol. The molecule has 0 bridgehead atoms. The van der Waals surface area contributed by atoms with E-state index >= 15 is 0 Å². The molecule has 0 N–H and O–H groups in total. The van der Waals surface area contributed by atoms with Crippen LogP contribution in [0.25, 0.3) is 22.2 Å². The lowest BCUT2D eigenvalue weighted by Crippen LogP contribution is -1.88. The van der Waals surface area contributed by atoms with Gasteiger partial charge in [-0.1, -0.05) is 35.5 Å². The average Bonchev–Trinajstić information content (AvgIpc) is 3.36. The van der Waals surface area contributed by atoms with Gasteiger partial charge in [0.15, 0.2) is 0 Å². The molecule has 3 aromatic heterocycles. The third-order valence-corrected chi connectivity index (χ3v) is 5.28. The zero-order valence-corrected chi connectivity index (χ0v) is 15.2. The van der Waals surface area contributed by atoms with Crippen LogP contribution in [0.5, 0.6) is 0 Å². The molecule has 4 rings (SSSR count). The Bertz CT molecular complexity index is 961. The summed E-state index contributed by atoms with van der Waals surface area (Å²) in [5.41, 5.74) is 2.09. The van der Waals surface area contributed by atoms with Crippen LogP contribution in [0.15, 0.2) is 55.8 Å². The molecule has 3 heterocycles. The molecule has 0 amide bonds. The van der Waals surface area contributed by atoms with E-state index in [9.17, 15) is 0 Å². The predicted octanol–water partition coefficient (Wildman–Crippen LogP) is 5.01. The quantitative estimate of drug-likeness (QED) is 0.457. The highest BCUT2D eigenvalue weighted by Crippen LogP contribution is 2.36. The maximum Gasteiger partial charge on any atom is 0.277 e. The zero-order valence-electron chi connectivity index (χ0n) is 13.5. The fourth-order valence-electron chi connectivity index (χ4n) is 2.17. The van der Waals surface area contributed by atoms with E-state index in [0.717, 1.165) is 10.4 Å². The predicted molar refractivity (Wildman–Crippen MR) is 96.4 cm³/mol. The third kappa shape index (κ3) is 3.49. The van der Waals surface area contributed by atoms with Crippen LogP contribution in [0.3, 0.4) is 0 Å². The number of hydrogen-bond acceptors (Lipinski definition) is 8. The second kappa shape index (κ2) is 6.81. The lowest BCUT2D eigenvalue weighted by molar-refractivity contribution is 0.462. The van der Waals surface area contributed by atoms with Crippen molar-refractivity contribution in [2.75, 3.05) is 0 Å². The number of benzene rings is 1. The van der Waals surface area contributed by atoms with Crippen molar-refractivity contribution in [3.63, 3.8) is 0 Å². The number of aryl methyl sites for hydroxylation is 1. The van der Waals surface area contributed by atoms with Crippen LogP contribution in [0.4, 0.5) is 0 Å². The van der Waals surface area contributed by atoms with E-state index in [-0.39, 0.29) is 5.25 Å². The van der Waals surface area contributed by atoms with Gasteiger partial charge in [0.2, 0.25) is 11.8 Å². The molecule has 1 unspecified atom stereocenters. The maximum atomic E-state index is 5.79. The summed E-state index contributed by atoms with van der Waals surface area (Å²) in [7, 11) is 0. The lowest BCUT2D eigenvalue weighted by atomic mass is 10.1. The molecule has 0 fully saturated rings. The first-order chi connectivity index (χ1) is 12.2. The summed E-state index contributed by atoms with van der Waals surface area (Å²) in [5.74, 6) is 1.55. The Hall–Kier alpha value is -2.45. The molecule has 0 aliphatic heterocycles. The van der Waals surface area contributed by atoms with Crippen molar-refractivity contribution in [3.05, 3.63) is 53.2 Å². The van der Waals surface area contributed by atoms with Gasteiger partial charge in [-0.2, -0.15) is 0 Å². The smallest absolute Gasteiger partial charge is 0.277 e. The summed E-state index contributed by atoms with van der Waals surface area (Å²) < 4.78 is 11.5. The monoisotopic (exact) mass is 370 g/mol. The number of nitrogens with zero attached hydrogens (tertiary/aromatic N) is 4. The van der Waals surface area contributed by atoms with Gasteiger partial charge < -0.3 is 8.83 Å². The molecule has 0 aliphatic rings. The van der Waals surface area contributed by atoms with Crippen molar-refractivity contribution < 1.29 is 8.83 Å². The molecule has 4 aromatic rings. The van der Waals surface area contributed by atoms with Gasteiger partial charge in [-0.3, -0.25) is 0 Å². The Morgan fingerprint density at radius 2 is 1.76 bits per heavy atom. The van der Waals surface area contributed by atoms with Crippen molar-refractivity contribution in [3.8, 4) is 22.2 Å². The highest BCUT2D eigenvalue weighted by atomic mass is 32.2. The lowest BCUT2D eigenvalue weighted by Gasteiger charge is -2.01. The molecular formula is C17H14N4O2S2. The van der Waals surface area contributed by atoms with Crippen LogP contribution in [0.1, 0.15) is 23.6 Å². The second-order valence-corrected chi connectivity index (χ2v) is 7.66. The van der Waals surface area contributed by atoms with Gasteiger partial charge in [0.25, 0.3) is 11.1 Å². The molecule has 6 nitrogen and oxygen atoms in total. The highest BCUT2D eigenvalue weighted by Gasteiger charge is 2.20. The van der Waals surface area contributed by atoms with Gasteiger partial charge >= 0.3 is 0 Å². The van der Waals surface area contributed by atoms with Gasteiger partial charge in [-0.15, -0.1) is 31.7 Å². The second-order valence-electron chi connectivity index (χ2n) is 5.42. The summed E-state index contributed by atoms with van der Waals surface area (Å²) in [6, 6.07) is 11.9. The Balaban J connectivity index is 1.48. The van der Waals surface area contributed by atoms with Crippen LogP contribution in [-0.2, 0) is 0 Å². The van der Waals surface area contributed by atoms with Crippen molar-refractivity contribution >= 4 is 23.1 Å². The van der Waals surface area contributed by atoms with Crippen molar-refractivity contribution in [1.29, 1.82) is 0 Å². The van der Waals surface area contributed by atoms with Crippen LogP contribution in [-0.4, -0.2) is 20.4 Å². The zero-order chi connectivity index (χ0) is 17.2. The molecule has 1 atom stereocenters. The summed E-state index contributed by atoms with van der Waals surface area (Å²) in [4.78, 5) is 0.950. The Morgan fingerprint density at radius 1 is 0.960 bits per heavy atom. The van der Waals surface area contributed by atoms with Gasteiger partial charge in [0.05, 0.1) is 10.1 Å². The number of thiophene rings is 1. The first kappa shape index (κ1) is 16.0. The topological polar surface area (TPSA) is 77.8 Å². The molecule has 0 aliphatic carbocycles. The summed E-state index contributed by atoms with van der Waals surface area (Å²) in [6.45, 7) is 4.00. The molecule has 126 valence electrons. The molecule has 0 saturated heterocycles. The van der Waals surface area contributed by atoms with E-state index in [1.54, 1.807) is 11.3 Å². The fraction of sp³-hybridized carbons (Fsp3) is 0.176. The Kier molecular flexibility index (Phi) is 4.37. The Morgan fingerprint density at radius 3 is 2.52 bits per heavy atom. The van der Waals surface area contributed by atoms with Gasteiger partial charge in [0.1, 0.15) is 0 Å². The SMILES string of the molecule is Cc1ccc(-c2nnc(C(C)Sc3nnc(-c4cccs4)o3)o2)cc1. The molecule has 1 aromatic carbocycles. The summed E-state index contributed by atoms with van der Waals surface area (Å²) >= 11 is 2.95. The van der Waals surface area contributed by atoms with E-state index < -0.39 is 0 Å². The number of hydrogen-bond donors (Lipinski definition) is 0. The first-order valence-corrected chi connectivity index (χ1v) is 9.39. The van der Waals surface area contributed by atoms with Crippen molar-refractivity contribution in [1.82, 2.24) is 20.4 Å². The number of rotatable bonds is 5. The highest BCUT2D eigenvalue weighted by molar-refractivity contribution is 7.99. The first-order valence-electron chi connectivity index (χ1n) is 7.63. The summed E-state index contributed by atoms with van der Waals surface area (Å²) in [5, 5.41) is 18.8. The van der Waals surface area contributed by atoms with Crippen molar-refractivity contribution in [2.24, 2.45) is 0 Å². The van der Waals surface area contributed by atoms with Gasteiger partial charge in [-0.25, -0.2) is 0 Å². The third-order valence-electron chi connectivity index (χ3n) is 3.50. The average molecular weight is 370 g/mol. The minimum absolute atomic E-state index is 0.0941. The molecule has 0 spiro atoms. The van der Waals surface area contributed by atoms with E-state index in [1.807, 2.05) is 55.6 Å². The Labute approximate surface area is 152 Å². The number of aromatic nitrogens is 4. The maximum absolute atomic E-state index is 5.79. The summed E-state index contributed by atoms with van der Waals surface area (Å²) in [6.07, 6.45) is 0. The molecule has 0 saturated carbocycles. The largest absolute Gasteiger partial charge is 0.419 e. The number of thioether (sulfide) groups is 1. The van der Waals surface area contributed by atoms with Crippen LogP contribution >= 0.6 is 23.1 Å². The normalized spacial score (nSPS) is 12.4. The van der Waals surface area contributed by atoms with Crippen LogP contribution in [0, 0.1) is 6.92 Å². The van der Waals surface area contributed by atoms with Gasteiger partial charge in [0, 0.05) is 5.56 Å². The van der Waals surface area contributed by atoms with E-state index in [1.165, 1.54) is 17.3 Å². The standard InChI is InChI=1S/C17H14N4O2S2/c1-10-5-7-12(8-6-10)15-19-18-14(22-15)11(2)25-17-21-20-16(23-17)13-4-3-9-24-13/h3-9,11H,1-2H3. The van der Waals surface area contributed by atoms with Crippen LogP contribution < -0.4 is 0 Å². The molecule has 0 radical (unpaired) electrons.